The number of benzene rings is 1. The maximum Gasteiger partial charge on any atom is 0.244 e. The van der Waals surface area contributed by atoms with Crippen LogP contribution in [-0.2, 0) is 14.8 Å². The van der Waals surface area contributed by atoms with Crippen LogP contribution in [0.1, 0.15) is 12.8 Å². The quantitative estimate of drug-likeness (QED) is 0.655. The van der Waals surface area contributed by atoms with Gasteiger partial charge in [0.1, 0.15) is 4.90 Å². The van der Waals surface area contributed by atoms with E-state index >= 15 is 0 Å². The number of para-hydroxylation sites is 1. The normalized spacial score (nSPS) is 15.4. The molecule has 3 rings (SSSR count). The Morgan fingerprint density at radius 1 is 1.11 bits per heavy atom. The maximum absolute atomic E-state index is 13.5. The molecule has 9 heteroatoms. The minimum Gasteiger partial charge on any atom is -0.491 e. The molecule has 0 unspecified atom stereocenters. The summed E-state index contributed by atoms with van der Waals surface area (Å²) in [5.74, 6) is -0.320. The number of rotatable bonds is 7. The number of hydrogen-bond acceptors (Lipinski definition) is 5. The van der Waals surface area contributed by atoms with Crippen LogP contribution in [0.25, 0.3) is 0 Å². The number of nitrogens with zero attached hydrogens (tertiary/aromatic N) is 3. The number of aromatic nitrogens is 1. The van der Waals surface area contributed by atoms with Gasteiger partial charge in [-0.2, -0.15) is 4.31 Å². The fraction of sp³-hybridized carbons (Fsp3) is 0.368. The molecule has 0 bridgehead atoms. The first-order chi connectivity index (χ1) is 13.5. The molecule has 0 spiro atoms. The summed E-state index contributed by atoms with van der Waals surface area (Å²) in [5.41, 5.74) is 0. The lowest BCUT2D eigenvalue weighted by atomic mass is 10.2. The topological polar surface area (TPSA) is 79.8 Å². The van der Waals surface area contributed by atoms with Gasteiger partial charge in [0.15, 0.2) is 11.6 Å². The molecule has 0 radical (unpaired) electrons. The second-order valence-electron chi connectivity index (χ2n) is 6.36. The van der Waals surface area contributed by atoms with Crippen LogP contribution >= 0.6 is 0 Å². The first-order valence-corrected chi connectivity index (χ1v) is 10.5. The standard InChI is InChI=1S/C19H22FN3O4S/c20-17-6-1-2-7-18(17)27-14-4-8-19(24)22-10-12-23(13-11-22)28(25,26)16-5-3-9-21-15-16/h1-3,5-7,9,15H,4,8,10-14H2. The van der Waals surface area contributed by atoms with Gasteiger partial charge in [-0.25, -0.2) is 12.8 Å². The van der Waals surface area contributed by atoms with Gasteiger partial charge in [0, 0.05) is 45.0 Å². The second-order valence-corrected chi connectivity index (χ2v) is 8.29. The van der Waals surface area contributed by atoms with Gasteiger partial charge in [-0.3, -0.25) is 9.78 Å². The number of halogens is 1. The molecule has 1 aliphatic rings. The van der Waals surface area contributed by atoms with Gasteiger partial charge in [-0.15, -0.1) is 0 Å². The molecule has 0 saturated carbocycles. The summed E-state index contributed by atoms with van der Waals surface area (Å²) in [6.07, 6.45) is 3.57. The molecule has 2 aromatic rings. The molecule has 1 aromatic carbocycles. The van der Waals surface area contributed by atoms with Gasteiger partial charge in [0.2, 0.25) is 15.9 Å². The second kappa shape index (κ2) is 9.11. The highest BCUT2D eigenvalue weighted by atomic mass is 32.2. The SMILES string of the molecule is O=C(CCCOc1ccccc1F)N1CCN(S(=O)(=O)c2cccnc2)CC1. The van der Waals surface area contributed by atoms with Crippen molar-refractivity contribution in [3.8, 4) is 5.75 Å². The number of pyridine rings is 1. The smallest absolute Gasteiger partial charge is 0.244 e. The fourth-order valence-corrected chi connectivity index (χ4v) is 4.34. The molecule has 0 N–H and O–H groups in total. The summed E-state index contributed by atoms with van der Waals surface area (Å²) in [7, 11) is -3.59. The number of sulfonamides is 1. The molecule has 1 aliphatic heterocycles. The van der Waals surface area contributed by atoms with E-state index in [4.69, 9.17) is 4.74 Å². The number of amides is 1. The predicted molar refractivity (Wildman–Crippen MR) is 101 cm³/mol. The number of hydrogen-bond donors (Lipinski definition) is 0. The van der Waals surface area contributed by atoms with Crippen molar-refractivity contribution in [2.24, 2.45) is 0 Å². The van der Waals surface area contributed by atoms with Crippen molar-refractivity contribution in [3.05, 3.63) is 54.6 Å². The molecule has 0 aliphatic carbocycles. The van der Waals surface area contributed by atoms with E-state index in [1.54, 1.807) is 29.2 Å². The Morgan fingerprint density at radius 3 is 2.54 bits per heavy atom. The predicted octanol–water partition coefficient (Wildman–Crippen LogP) is 1.91. The van der Waals surface area contributed by atoms with Gasteiger partial charge in [-0.1, -0.05) is 12.1 Å². The molecule has 0 atom stereocenters. The van der Waals surface area contributed by atoms with Crippen molar-refractivity contribution < 1.29 is 22.3 Å². The molecular weight excluding hydrogens is 385 g/mol. The molecule has 1 fully saturated rings. The van der Waals surface area contributed by atoms with Crippen LogP contribution in [0.5, 0.6) is 5.75 Å². The van der Waals surface area contributed by atoms with E-state index in [1.807, 2.05) is 0 Å². The Bertz CT molecular complexity index is 900. The Balaban J connectivity index is 1.43. The van der Waals surface area contributed by atoms with E-state index in [0.717, 1.165) is 0 Å². The van der Waals surface area contributed by atoms with Crippen molar-refractivity contribution >= 4 is 15.9 Å². The lowest BCUT2D eigenvalue weighted by molar-refractivity contribution is -0.132. The molecular formula is C19H22FN3O4S. The van der Waals surface area contributed by atoms with E-state index in [-0.39, 0.29) is 42.7 Å². The Kier molecular flexibility index (Phi) is 6.58. The van der Waals surface area contributed by atoms with Crippen LogP contribution in [0.2, 0.25) is 0 Å². The average molecular weight is 407 g/mol. The molecule has 1 aromatic heterocycles. The zero-order valence-corrected chi connectivity index (χ0v) is 16.1. The van der Waals surface area contributed by atoms with Crippen LogP contribution in [-0.4, -0.2) is 61.3 Å². The largest absolute Gasteiger partial charge is 0.491 e. The van der Waals surface area contributed by atoms with Crippen LogP contribution in [0.3, 0.4) is 0 Å². The molecule has 2 heterocycles. The third-order valence-electron chi connectivity index (χ3n) is 4.49. The third-order valence-corrected chi connectivity index (χ3v) is 6.37. The van der Waals surface area contributed by atoms with Crippen molar-refractivity contribution in [1.82, 2.24) is 14.2 Å². The highest BCUT2D eigenvalue weighted by molar-refractivity contribution is 7.89. The molecule has 1 amide bonds. The van der Waals surface area contributed by atoms with Gasteiger partial charge in [0.25, 0.3) is 0 Å². The molecule has 1 saturated heterocycles. The van der Waals surface area contributed by atoms with Crippen molar-refractivity contribution in [2.45, 2.75) is 17.7 Å². The summed E-state index contributed by atoms with van der Waals surface area (Å²) in [6.45, 7) is 1.41. The Hall–Kier alpha value is -2.52. The summed E-state index contributed by atoms with van der Waals surface area (Å²) in [5, 5.41) is 0. The monoisotopic (exact) mass is 407 g/mol. The summed E-state index contributed by atoms with van der Waals surface area (Å²) < 4.78 is 45.3. The number of carbonyl (C=O) groups is 1. The number of carbonyl (C=O) groups excluding carboxylic acids is 1. The molecule has 150 valence electrons. The van der Waals surface area contributed by atoms with Gasteiger partial charge in [-0.05, 0) is 30.7 Å². The minimum atomic E-state index is -3.59. The molecule has 28 heavy (non-hydrogen) atoms. The Morgan fingerprint density at radius 2 is 1.86 bits per heavy atom. The first kappa shape index (κ1) is 20.2. The van der Waals surface area contributed by atoms with Gasteiger partial charge < -0.3 is 9.64 Å². The van der Waals surface area contributed by atoms with Crippen LogP contribution in [0.4, 0.5) is 4.39 Å². The first-order valence-electron chi connectivity index (χ1n) is 9.04. The van der Waals surface area contributed by atoms with E-state index < -0.39 is 15.8 Å². The van der Waals surface area contributed by atoms with Gasteiger partial charge >= 0.3 is 0 Å². The molecule has 7 nitrogen and oxygen atoms in total. The van der Waals surface area contributed by atoms with Gasteiger partial charge in [0.05, 0.1) is 6.61 Å². The average Bonchev–Trinajstić information content (AvgIpc) is 2.73. The lowest BCUT2D eigenvalue weighted by Crippen LogP contribution is -2.50. The van der Waals surface area contributed by atoms with E-state index in [9.17, 15) is 17.6 Å². The highest BCUT2D eigenvalue weighted by Crippen LogP contribution is 2.18. The number of ether oxygens (including phenoxy) is 1. The summed E-state index contributed by atoms with van der Waals surface area (Å²) >= 11 is 0. The van der Waals surface area contributed by atoms with E-state index in [0.29, 0.717) is 19.5 Å². The fourth-order valence-electron chi connectivity index (χ4n) is 2.95. The maximum atomic E-state index is 13.5. The lowest BCUT2D eigenvalue weighted by Gasteiger charge is -2.34. The van der Waals surface area contributed by atoms with Crippen LogP contribution in [0, 0.1) is 5.82 Å². The van der Waals surface area contributed by atoms with Crippen LogP contribution < -0.4 is 4.74 Å². The Labute approximate surface area is 163 Å². The zero-order chi connectivity index (χ0) is 20.0. The van der Waals surface area contributed by atoms with E-state index in [1.165, 1.54) is 28.8 Å². The minimum absolute atomic E-state index is 0.0597. The summed E-state index contributed by atoms with van der Waals surface area (Å²) in [4.78, 5) is 18.0. The number of piperazine rings is 1. The van der Waals surface area contributed by atoms with Crippen LogP contribution in [0.15, 0.2) is 53.7 Å². The van der Waals surface area contributed by atoms with E-state index in [2.05, 4.69) is 4.98 Å². The highest BCUT2D eigenvalue weighted by Gasteiger charge is 2.29. The van der Waals surface area contributed by atoms with Crippen molar-refractivity contribution in [2.75, 3.05) is 32.8 Å². The van der Waals surface area contributed by atoms with Crippen molar-refractivity contribution in [1.29, 1.82) is 0 Å². The summed E-state index contributed by atoms with van der Waals surface area (Å²) in [6, 6.07) is 9.21. The zero-order valence-electron chi connectivity index (χ0n) is 15.3. The van der Waals surface area contributed by atoms with Crippen molar-refractivity contribution in [3.63, 3.8) is 0 Å². The third kappa shape index (κ3) is 4.85.